The highest BCUT2D eigenvalue weighted by Gasteiger charge is 2.24. The molecule has 2 N–H and O–H groups in total. The molecule has 1 heterocycles. The van der Waals surface area contributed by atoms with Crippen molar-refractivity contribution < 1.29 is 9.90 Å². The largest absolute Gasteiger partial charge is 0.391 e. The van der Waals surface area contributed by atoms with E-state index in [9.17, 15) is 9.90 Å². The smallest absolute Gasteiger partial charge is 0.221 e. The molecule has 1 aromatic rings. The Kier molecular flexibility index (Phi) is 6.32. The van der Waals surface area contributed by atoms with Crippen LogP contribution in [0.5, 0.6) is 0 Å². The molecule has 2 atom stereocenters. The van der Waals surface area contributed by atoms with Crippen LogP contribution in [0.3, 0.4) is 0 Å². The number of aryl methyl sites for hydroxylation is 1. The molecule has 4 nitrogen and oxygen atoms in total. The van der Waals surface area contributed by atoms with Gasteiger partial charge in [-0.15, -0.1) is 11.3 Å². The molecule has 1 fully saturated rings. The summed E-state index contributed by atoms with van der Waals surface area (Å²) in [5, 5.41) is 15.9. The summed E-state index contributed by atoms with van der Waals surface area (Å²) in [6.45, 7) is 2.00. The molecule has 20 heavy (non-hydrogen) atoms. The third kappa shape index (κ3) is 5.07. The first-order valence-electron chi connectivity index (χ1n) is 7.11. The molecule has 1 amide bonds. The van der Waals surface area contributed by atoms with Crippen LogP contribution in [0.25, 0.3) is 0 Å². The molecule has 0 saturated heterocycles. The summed E-state index contributed by atoms with van der Waals surface area (Å²) in [5.41, 5.74) is 1.10. The number of hydrogen-bond acceptors (Lipinski definition) is 5. The molecule has 1 aliphatic rings. The van der Waals surface area contributed by atoms with E-state index in [0.717, 1.165) is 47.9 Å². The van der Waals surface area contributed by atoms with Gasteiger partial charge in [-0.1, -0.05) is 12.8 Å². The molecule has 0 aromatic carbocycles. The van der Waals surface area contributed by atoms with Crippen LogP contribution in [-0.4, -0.2) is 33.9 Å². The van der Waals surface area contributed by atoms with E-state index >= 15 is 0 Å². The van der Waals surface area contributed by atoms with Gasteiger partial charge in [-0.05, 0) is 19.8 Å². The lowest BCUT2D eigenvalue weighted by Gasteiger charge is -2.28. The van der Waals surface area contributed by atoms with Crippen LogP contribution < -0.4 is 5.32 Å². The molecule has 0 unspecified atom stereocenters. The average molecular weight is 314 g/mol. The number of carbonyl (C=O) groups excluding carboxylic acids is 1. The zero-order valence-corrected chi connectivity index (χ0v) is 13.4. The van der Waals surface area contributed by atoms with Gasteiger partial charge in [0.2, 0.25) is 5.91 Å². The summed E-state index contributed by atoms with van der Waals surface area (Å²) in [6, 6.07) is -0.0394. The molecule has 1 saturated carbocycles. The van der Waals surface area contributed by atoms with Crippen molar-refractivity contribution in [2.45, 2.75) is 56.9 Å². The lowest BCUT2D eigenvalue weighted by molar-refractivity contribution is -0.122. The summed E-state index contributed by atoms with van der Waals surface area (Å²) >= 11 is 3.39. The minimum atomic E-state index is -0.363. The second kappa shape index (κ2) is 8.00. The van der Waals surface area contributed by atoms with Crippen molar-refractivity contribution in [3.8, 4) is 0 Å². The summed E-state index contributed by atoms with van der Waals surface area (Å²) < 4.78 is 0. The lowest BCUT2D eigenvalue weighted by Crippen LogP contribution is -2.45. The van der Waals surface area contributed by atoms with Gasteiger partial charge in [-0.25, -0.2) is 4.98 Å². The van der Waals surface area contributed by atoms with Gasteiger partial charge in [0.15, 0.2) is 0 Å². The van der Waals surface area contributed by atoms with Crippen molar-refractivity contribution in [1.82, 2.24) is 10.3 Å². The summed E-state index contributed by atoms with van der Waals surface area (Å²) in [7, 11) is 0. The highest BCUT2D eigenvalue weighted by atomic mass is 32.2. The van der Waals surface area contributed by atoms with Crippen LogP contribution in [-0.2, 0) is 10.5 Å². The number of nitrogens with one attached hydrogen (secondary N) is 1. The van der Waals surface area contributed by atoms with E-state index < -0.39 is 0 Å². The minimum Gasteiger partial charge on any atom is -0.391 e. The quantitative estimate of drug-likeness (QED) is 0.792. The standard InChI is InChI=1S/C14H22N2O2S2/c1-10-15-11(9-20-10)8-19-7-6-14(18)16-12-4-2-3-5-13(12)17/h9,12-13,17H,2-8H2,1H3,(H,16,18)/t12-,13-/m0/s1. The molecular formula is C14H22N2O2S2. The van der Waals surface area contributed by atoms with E-state index in [0.29, 0.717) is 6.42 Å². The zero-order valence-electron chi connectivity index (χ0n) is 11.8. The summed E-state index contributed by atoms with van der Waals surface area (Å²) in [6.07, 6.45) is 4.02. The van der Waals surface area contributed by atoms with Crippen molar-refractivity contribution in [3.63, 3.8) is 0 Å². The second-order valence-electron chi connectivity index (χ2n) is 5.19. The Balaban J connectivity index is 1.60. The number of nitrogens with zero attached hydrogens (tertiary/aromatic N) is 1. The van der Waals surface area contributed by atoms with Crippen LogP contribution in [0, 0.1) is 6.92 Å². The Morgan fingerprint density at radius 2 is 2.35 bits per heavy atom. The van der Waals surface area contributed by atoms with Gasteiger partial charge in [0.1, 0.15) is 0 Å². The molecule has 0 bridgehead atoms. The number of aromatic nitrogens is 1. The van der Waals surface area contributed by atoms with E-state index in [-0.39, 0.29) is 18.1 Å². The maximum absolute atomic E-state index is 11.8. The second-order valence-corrected chi connectivity index (χ2v) is 7.35. The van der Waals surface area contributed by atoms with E-state index in [4.69, 9.17) is 0 Å². The highest BCUT2D eigenvalue weighted by molar-refractivity contribution is 7.98. The fraction of sp³-hybridized carbons (Fsp3) is 0.714. The maximum Gasteiger partial charge on any atom is 0.221 e. The fourth-order valence-corrected chi connectivity index (χ4v) is 3.92. The summed E-state index contributed by atoms with van der Waals surface area (Å²) in [5.74, 6) is 1.72. The van der Waals surface area contributed by atoms with Crippen molar-refractivity contribution in [3.05, 3.63) is 16.1 Å². The van der Waals surface area contributed by atoms with Gasteiger partial charge in [-0.3, -0.25) is 4.79 Å². The van der Waals surface area contributed by atoms with Gasteiger partial charge < -0.3 is 10.4 Å². The first kappa shape index (κ1) is 15.8. The van der Waals surface area contributed by atoms with Gasteiger partial charge in [0.25, 0.3) is 0 Å². The first-order valence-corrected chi connectivity index (χ1v) is 9.15. The predicted octanol–water partition coefficient (Wildman–Crippen LogP) is 2.49. The number of rotatable bonds is 6. The normalized spacial score (nSPS) is 22.7. The number of hydrogen-bond donors (Lipinski definition) is 2. The third-order valence-electron chi connectivity index (χ3n) is 3.47. The van der Waals surface area contributed by atoms with E-state index in [1.54, 1.807) is 23.1 Å². The monoisotopic (exact) mass is 314 g/mol. The highest BCUT2D eigenvalue weighted by Crippen LogP contribution is 2.19. The predicted molar refractivity (Wildman–Crippen MR) is 84.0 cm³/mol. The van der Waals surface area contributed by atoms with Crippen LogP contribution in [0.1, 0.15) is 42.8 Å². The average Bonchev–Trinajstić information content (AvgIpc) is 2.83. The van der Waals surface area contributed by atoms with Crippen LogP contribution in [0.15, 0.2) is 5.38 Å². The van der Waals surface area contributed by atoms with Crippen molar-refractivity contribution >= 4 is 29.0 Å². The van der Waals surface area contributed by atoms with Crippen LogP contribution in [0.2, 0.25) is 0 Å². The number of thioether (sulfide) groups is 1. The Morgan fingerprint density at radius 3 is 3.05 bits per heavy atom. The fourth-order valence-electron chi connectivity index (χ4n) is 2.37. The molecule has 0 spiro atoms. The Hall–Kier alpha value is -0.590. The number of aliphatic hydroxyl groups is 1. The number of amides is 1. The zero-order chi connectivity index (χ0) is 14.4. The van der Waals surface area contributed by atoms with E-state index in [1.165, 1.54) is 0 Å². The third-order valence-corrected chi connectivity index (χ3v) is 5.28. The van der Waals surface area contributed by atoms with Crippen LogP contribution >= 0.6 is 23.1 Å². The molecule has 112 valence electrons. The molecule has 2 rings (SSSR count). The Morgan fingerprint density at radius 1 is 1.55 bits per heavy atom. The Bertz CT molecular complexity index is 437. The van der Waals surface area contributed by atoms with Gasteiger partial charge in [0.05, 0.1) is 22.8 Å². The summed E-state index contributed by atoms with van der Waals surface area (Å²) in [4.78, 5) is 16.2. The number of thiazole rings is 1. The molecule has 6 heteroatoms. The number of aliphatic hydroxyl groups excluding tert-OH is 1. The minimum absolute atomic E-state index is 0.0394. The molecule has 0 aliphatic heterocycles. The first-order chi connectivity index (χ1) is 9.65. The van der Waals surface area contributed by atoms with E-state index in [2.05, 4.69) is 15.7 Å². The van der Waals surface area contributed by atoms with Crippen molar-refractivity contribution in [2.75, 3.05) is 5.75 Å². The van der Waals surface area contributed by atoms with Crippen molar-refractivity contribution in [1.29, 1.82) is 0 Å². The molecular weight excluding hydrogens is 292 g/mol. The van der Waals surface area contributed by atoms with E-state index in [1.807, 2.05) is 6.92 Å². The SMILES string of the molecule is Cc1nc(CSCCC(=O)N[C@H]2CCCC[C@@H]2O)cs1. The molecule has 1 aliphatic carbocycles. The van der Waals surface area contributed by atoms with Gasteiger partial charge >= 0.3 is 0 Å². The molecule has 1 aromatic heterocycles. The maximum atomic E-state index is 11.8. The van der Waals surface area contributed by atoms with Gasteiger partial charge in [0, 0.05) is 23.3 Å². The molecule has 0 radical (unpaired) electrons. The van der Waals surface area contributed by atoms with Crippen LogP contribution in [0.4, 0.5) is 0 Å². The topological polar surface area (TPSA) is 62.2 Å². The van der Waals surface area contributed by atoms with Crippen molar-refractivity contribution in [2.24, 2.45) is 0 Å². The number of carbonyl (C=O) groups is 1. The Labute approximate surface area is 128 Å². The van der Waals surface area contributed by atoms with Gasteiger partial charge in [-0.2, -0.15) is 11.8 Å². The lowest BCUT2D eigenvalue weighted by atomic mass is 9.92.